The van der Waals surface area contributed by atoms with Gasteiger partial charge in [-0.2, -0.15) is 16.6 Å². The van der Waals surface area contributed by atoms with Crippen LogP contribution in [0, 0.1) is 16.7 Å². The molecule has 0 radical (unpaired) electrons. The van der Waals surface area contributed by atoms with Crippen molar-refractivity contribution in [2.24, 2.45) is 11.3 Å². The zero-order valence-electron chi connectivity index (χ0n) is 13.1. The molecule has 1 amide bonds. The summed E-state index contributed by atoms with van der Waals surface area (Å²) in [7, 11) is 0. The lowest BCUT2D eigenvalue weighted by atomic mass is 9.92. The molecule has 0 saturated carbocycles. The van der Waals surface area contributed by atoms with Crippen molar-refractivity contribution in [1.29, 1.82) is 5.26 Å². The number of allylic oxidation sites excluding steroid dienone is 1. The van der Waals surface area contributed by atoms with E-state index in [0.717, 1.165) is 5.01 Å². The quantitative estimate of drug-likeness (QED) is 0.166. The maximum absolute atomic E-state index is 12.2. The number of hydrazine groups is 1. The fourth-order valence-electron chi connectivity index (χ4n) is 1.63. The summed E-state index contributed by atoms with van der Waals surface area (Å²) in [5.41, 5.74) is 0.515. The number of hydrogen-bond donors (Lipinski definition) is 2. The first-order chi connectivity index (χ1) is 10.2. The fourth-order valence-corrected chi connectivity index (χ4v) is 2.30. The van der Waals surface area contributed by atoms with Gasteiger partial charge in [0.25, 0.3) is 5.91 Å². The summed E-state index contributed by atoms with van der Waals surface area (Å²) in [6.07, 6.45) is 0.681. The average Bonchev–Trinajstić information content (AvgIpc) is 2.97. The van der Waals surface area contributed by atoms with E-state index in [0.29, 0.717) is 18.5 Å². The Morgan fingerprint density at radius 3 is 2.64 bits per heavy atom. The maximum Gasteiger partial charge on any atom is 0.282 e. The molecule has 0 saturated heterocycles. The van der Waals surface area contributed by atoms with Crippen LogP contribution in [-0.2, 0) is 4.79 Å². The number of nitrogens with zero attached hydrogens (tertiary/aromatic N) is 2. The molecule has 0 aliphatic heterocycles. The molecule has 118 valence electrons. The van der Waals surface area contributed by atoms with Gasteiger partial charge in [-0.1, -0.05) is 27.4 Å². The number of carbonyl (C=O) groups excluding carboxylic acids is 1. The molecule has 0 fully saturated rings. The molecule has 1 aromatic rings. The van der Waals surface area contributed by atoms with Crippen molar-refractivity contribution in [1.82, 2.24) is 5.01 Å². The second-order valence-electron chi connectivity index (χ2n) is 6.14. The van der Waals surface area contributed by atoms with Crippen molar-refractivity contribution in [3.63, 3.8) is 0 Å². The number of amides is 1. The second kappa shape index (κ2) is 7.25. The zero-order chi connectivity index (χ0) is 16.9. The SMILES string of the molecule is C=C(/C(O)=C(/C#N)C(=O)N(N)CCC(C)(C)C)c1ccsc1. The number of nitriles is 1. The van der Waals surface area contributed by atoms with Gasteiger partial charge < -0.3 is 5.11 Å². The lowest BCUT2D eigenvalue weighted by Gasteiger charge is -2.23. The standard InChI is InChI=1S/C16H21N3O2S/c1-11(12-5-8-22-10-12)14(20)13(9-17)15(21)19(18)7-6-16(2,3)4/h5,8,10,20H,1,6-7,18H2,2-4H3/b14-13+. The largest absolute Gasteiger partial charge is 0.506 e. The molecule has 5 nitrogen and oxygen atoms in total. The number of thiophene rings is 1. The van der Waals surface area contributed by atoms with E-state index in [9.17, 15) is 15.2 Å². The fraction of sp³-hybridized carbons (Fsp3) is 0.375. The Kier molecular flexibility index (Phi) is 5.92. The summed E-state index contributed by atoms with van der Waals surface area (Å²) in [5, 5.41) is 23.9. The van der Waals surface area contributed by atoms with Crippen LogP contribution in [0.5, 0.6) is 0 Å². The van der Waals surface area contributed by atoms with Crippen LogP contribution in [0.2, 0.25) is 0 Å². The first-order valence-corrected chi connectivity index (χ1v) is 7.73. The lowest BCUT2D eigenvalue weighted by molar-refractivity contribution is -0.127. The van der Waals surface area contributed by atoms with Gasteiger partial charge in [0.15, 0.2) is 5.57 Å². The lowest BCUT2D eigenvalue weighted by Crippen LogP contribution is -2.40. The van der Waals surface area contributed by atoms with Gasteiger partial charge in [-0.15, -0.1) is 0 Å². The summed E-state index contributed by atoms with van der Waals surface area (Å²) >= 11 is 1.43. The number of aliphatic hydroxyl groups excluding tert-OH is 1. The highest BCUT2D eigenvalue weighted by atomic mass is 32.1. The third-order valence-corrected chi connectivity index (χ3v) is 3.76. The Hall–Kier alpha value is -2.10. The van der Waals surface area contributed by atoms with Crippen LogP contribution < -0.4 is 5.84 Å². The first-order valence-electron chi connectivity index (χ1n) is 6.79. The van der Waals surface area contributed by atoms with Crippen molar-refractivity contribution in [3.8, 4) is 6.07 Å². The molecule has 0 aliphatic carbocycles. The van der Waals surface area contributed by atoms with Crippen LogP contribution >= 0.6 is 11.3 Å². The minimum Gasteiger partial charge on any atom is -0.506 e. The van der Waals surface area contributed by atoms with E-state index < -0.39 is 17.2 Å². The molecule has 0 aliphatic rings. The molecule has 0 spiro atoms. The maximum atomic E-state index is 12.2. The number of rotatable bonds is 5. The van der Waals surface area contributed by atoms with E-state index in [1.165, 1.54) is 11.3 Å². The Morgan fingerprint density at radius 2 is 2.18 bits per heavy atom. The Balaban J connectivity index is 2.94. The molecule has 22 heavy (non-hydrogen) atoms. The Morgan fingerprint density at radius 1 is 1.55 bits per heavy atom. The van der Waals surface area contributed by atoms with E-state index in [4.69, 9.17) is 5.84 Å². The number of nitrogens with two attached hydrogens (primary N) is 1. The van der Waals surface area contributed by atoms with E-state index in [2.05, 4.69) is 6.58 Å². The van der Waals surface area contributed by atoms with Crippen molar-refractivity contribution in [2.75, 3.05) is 6.54 Å². The van der Waals surface area contributed by atoms with E-state index >= 15 is 0 Å². The third kappa shape index (κ3) is 4.72. The van der Waals surface area contributed by atoms with Gasteiger partial charge >= 0.3 is 0 Å². The molecular weight excluding hydrogens is 298 g/mol. The molecule has 0 unspecified atom stereocenters. The molecule has 0 aromatic carbocycles. The summed E-state index contributed by atoms with van der Waals surface area (Å²) in [6.45, 7) is 10.1. The highest BCUT2D eigenvalue weighted by molar-refractivity contribution is 7.08. The molecule has 0 atom stereocenters. The van der Waals surface area contributed by atoms with Crippen LogP contribution in [0.3, 0.4) is 0 Å². The molecular formula is C16H21N3O2S. The van der Waals surface area contributed by atoms with Gasteiger partial charge in [-0.3, -0.25) is 9.80 Å². The summed E-state index contributed by atoms with van der Waals surface area (Å²) in [5.74, 6) is 4.58. The predicted molar refractivity (Wildman–Crippen MR) is 88.6 cm³/mol. The molecule has 1 aromatic heterocycles. The van der Waals surface area contributed by atoms with Crippen molar-refractivity contribution in [3.05, 3.63) is 40.3 Å². The Bertz CT molecular complexity index is 619. The van der Waals surface area contributed by atoms with Crippen LogP contribution in [0.1, 0.15) is 32.8 Å². The summed E-state index contributed by atoms with van der Waals surface area (Å²) in [4.78, 5) is 12.2. The minimum atomic E-state index is -0.708. The van der Waals surface area contributed by atoms with Crippen LogP contribution in [0.25, 0.3) is 5.57 Å². The molecule has 0 bridgehead atoms. The van der Waals surface area contributed by atoms with Gasteiger partial charge in [0.2, 0.25) is 0 Å². The van der Waals surface area contributed by atoms with Crippen molar-refractivity contribution >= 4 is 22.8 Å². The Labute approximate surface area is 134 Å². The van der Waals surface area contributed by atoms with Crippen molar-refractivity contribution < 1.29 is 9.90 Å². The predicted octanol–water partition coefficient (Wildman–Crippen LogP) is 3.24. The van der Waals surface area contributed by atoms with Gasteiger partial charge in [0.1, 0.15) is 11.8 Å². The number of aliphatic hydroxyl groups is 1. The van der Waals surface area contributed by atoms with Crippen LogP contribution in [0.4, 0.5) is 0 Å². The van der Waals surface area contributed by atoms with Gasteiger partial charge in [0.05, 0.1) is 0 Å². The van der Waals surface area contributed by atoms with Gasteiger partial charge in [-0.25, -0.2) is 5.84 Å². The highest BCUT2D eigenvalue weighted by Crippen LogP contribution is 2.24. The van der Waals surface area contributed by atoms with E-state index in [1.54, 1.807) is 17.5 Å². The monoisotopic (exact) mass is 319 g/mol. The molecule has 1 rings (SSSR count). The highest BCUT2D eigenvalue weighted by Gasteiger charge is 2.23. The number of hydrogen-bond acceptors (Lipinski definition) is 5. The zero-order valence-corrected chi connectivity index (χ0v) is 13.9. The normalized spacial score (nSPS) is 12.3. The second-order valence-corrected chi connectivity index (χ2v) is 6.92. The van der Waals surface area contributed by atoms with Crippen LogP contribution in [-0.4, -0.2) is 22.6 Å². The molecule has 6 heteroatoms. The van der Waals surface area contributed by atoms with E-state index in [1.807, 2.05) is 26.2 Å². The van der Waals surface area contributed by atoms with Crippen LogP contribution in [0.15, 0.2) is 34.7 Å². The number of carbonyl (C=O) groups is 1. The van der Waals surface area contributed by atoms with Gasteiger partial charge in [-0.05, 0) is 34.2 Å². The average molecular weight is 319 g/mol. The minimum absolute atomic E-state index is 0.0107. The van der Waals surface area contributed by atoms with Gasteiger partial charge in [0, 0.05) is 12.1 Å². The molecule has 3 N–H and O–H groups in total. The smallest absolute Gasteiger partial charge is 0.282 e. The van der Waals surface area contributed by atoms with E-state index in [-0.39, 0.29) is 11.0 Å². The van der Waals surface area contributed by atoms with Crippen molar-refractivity contribution in [2.45, 2.75) is 27.2 Å². The third-order valence-electron chi connectivity index (χ3n) is 3.08. The summed E-state index contributed by atoms with van der Waals surface area (Å²) < 4.78 is 0. The first kappa shape index (κ1) is 18.0. The molecule has 1 heterocycles. The topological polar surface area (TPSA) is 90.3 Å². The summed E-state index contributed by atoms with van der Waals surface area (Å²) in [6, 6.07) is 3.48.